The molecule has 1 N–H and O–H groups in total. The first kappa shape index (κ1) is 13.8. The number of amides is 1. The molecule has 0 saturated carbocycles. The summed E-state index contributed by atoms with van der Waals surface area (Å²) in [6, 6.07) is 0.389. The maximum absolute atomic E-state index is 12.3. The fraction of sp³-hybridized carbons (Fsp3) is 0.929. The number of hydrogen-bond acceptors (Lipinski definition) is 3. The Bertz CT molecular complexity index is 296. The van der Waals surface area contributed by atoms with Crippen molar-refractivity contribution >= 4 is 5.91 Å². The van der Waals surface area contributed by atoms with Crippen LogP contribution in [-0.2, 0) is 4.79 Å². The Labute approximate surface area is 110 Å². The lowest BCUT2D eigenvalue weighted by Crippen LogP contribution is -2.50. The van der Waals surface area contributed by atoms with E-state index in [1.807, 2.05) is 4.90 Å². The van der Waals surface area contributed by atoms with Crippen LogP contribution in [0.25, 0.3) is 0 Å². The lowest BCUT2D eigenvalue weighted by atomic mass is 9.96. The molecule has 1 amide bonds. The van der Waals surface area contributed by atoms with Crippen molar-refractivity contribution in [3.05, 3.63) is 0 Å². The largest absolute Gasteiger partial charge is 0.392 e. The molecule has 2 fully saturated rings. The summed E-state index contributed by atoms with van der Waals surface area (Å²) in [7, 11) is 0. The summed E-state index contributed by atoms with van der Waals surface area (Å²) in [5.74, 6) is 0.606. The molecule has 0 aromatic heterocycles. The second-order valence-corrected chi connectivity index (χ2v) is 6.00. The standard InChI is InChI=1S/C14H26N2O2/c1-11-6-8-15(9-13(11)17)10-14(18)16-7-4-3-5-12(16)2/h11-13,17H,3-10H2,1-2H3. The lowest BCUT2D eigenvalue weighted by molar-refractivity contribution is -0.136. The first-order valence-electron chi connectivity index (χ1n) is 7.28. The van der Waals surface area contributed by atoms with Crippen LogP contribution in [0.15, 0.2) is 0 Å². The van der Waals surface area contributed by atoms with Crippen LogP contribution in [0.3, 0.4) is 0 Å². The molecule has 2 saturated heterocycles. The van der Waals surface area contributed by atoms with Crippen molar-refractivity contribution in [2.45, 2.75) is 51.7 Å². The second kappa shape index (κ2) is 6.02. The summed E-state index contributed by atoms with van der Waals surface area (Å²) in [4.78, 5) is 16.4. The zero-order chi connectivity index (χ0) is 13.1. The van der Waals surface area contributed by atoms with E-state index >= 15 is 0 Å². The predicted octanol–water partition coefficient (Wildman–Crippen LogP) is 1.09. The summed E-state index contributed by atoms with van der Waals surface area (Å²) in [5.41, 5.74) is 0. The lowest BCUT2D eigenvalue weighted by Gasteiger charge is -2.38. The maximum Gasteiger partial charge on any atom is 0.236 e. The van der Waals surface area contributed by atoms with Gasteiger partial charge in [-0.15, -0.1) is 0 Å². The Morgan fingerprint density at radius 2 is 2.00 bits per heavy atom. The van der Waals surface area contributed by atoms with Crippen molar-refractivity contribution < 1.29 is 9.90 Å². The van der Waals surface area contributed by atoms with Gasteiger partial charge in [-0.3, -0.25) is 9.69 Å². The molecule has 2 aliphatic heterocycles. The molecular formula is C14H26N2O2. The minimum Gasteiger partial charge on any atom is -0.392 e. The number of aliphatic hydroxyl groups is 1. The first-order chi connectivity index (χ1) is 8.58. The molecule has 2 heterocycles. The highest BCUT2D eigenvalue weighted by Crippen LogP contribution is 2.19. The van der Waals surface area contributed by atoms with Crippen molar-refractivity contribution in [3.8, 4) is 0 Å². The van der Waals surface area contributed by atoms with E-state index < -0.39 is 0 Å². The predicted molar refractivity (Wildman–Crippen MR) is 71.3 cm³/mol. The topological polar surface area (TPSA) is 43.8 Å². The van der Waals surface area contributed by atoms with Gasteiger partial charge < -0.3 is 10.0 Å². The zero-order valence-electron chi connectivity index (χ0n) is 11.6. The quantitative estimate of drug-likeness (QED) is 0.802. The van der Waals surface area contributed by atoms with E-state index in [1.165, 1.54) is 6.42 Å². The number of piperidine rings is 2. The van der Waals surface area contributed by atoms with Gasteiger partial charge in [-0.1, -0.05) is 6.92 Å². The Morgan fingerprint density at radius 1 is 1.22 bits per heavy atom. The number of rotatable bonds is 2. The van der Waals surface area contributed by atoms with Crippen LogP contribution in [-0.4, -0.2) is 59.1 Å². The molecule has 0 aromatic carbocycles. The van der Waals surface area contributed by atoms with Crippen LogP contribution in [0.5, 0.6) is 0 Å². The van der Waals surface area contributed by atoms with Gasteiger partial charge in [-0.05, 0) is 45.1 Å². The highest BCUT2D eigenvalue weighted by atomic mass is 16.3. The first-order valence-corrected chi connectivity index (χ1v) is 7.28. The minimum atomic E-state index is -0.273. The highest BCUT2D eigenvalue weighted by molar-refractivity contribution is 5.78. The third-order valence-corrected chi connectivity index (χ3v) is 4.48. The Morgan fingerprint density at radius 3 is 2.67 bits per heavy atom. The molecule has 0 spiro atoms. The van der Waals surface area contributed by atoms with Crippen molar-refractivity contribution in [2.24, 2.45) is 5.92 Å². The van der Waals surface area contributed by atoms with Gasteiger partial charge in [0.05, 0.1) is 12.6 Å². The van der Waals surface area contributed by atoms with Gasteiger partial charge in [0.25, 0.3) is 0 Å². The monoisotopic (exact) mass is 254 g/mol. The van der Waals surface area contributed by atoms with E-state index in [1.54, 1.807) is 0 Å². The number of likely N-dealkylation sites (tertiary alicyclic amines) is 2. The van der Waals surface area contributed by atoms with Crippen LogP contribution >= 0.6 is 0 Å². The molecule has 0 bridgehead atoms. The smallest absolute Gasteiger partial charge is 0.236 e. The Kier molecular flexibility index (Phi) is 4.62. The Balaban J connectivity index is 1.83. The summed E-state index contributed by atoms with van der Waals surface area (Å²) in [6.45, 7) is 7.20. The molecule has 4 nitrogen and oxygen atoms in total. The number of β-amino-alcohol motifs (C(OH)–C–C–N with tert-alkyl or cyclic N) is 1. The SMILES string of the molecule is CC1CCN(CC(=O)N2CCCCC2C)CC1O. The second-order valence-electron chi connectivity index (χ2n) is 6.00. The zero-order valence-corrected chi connectivity index (χ0v) is 11.6. The molecule has 18 heavy (non-hydrogen) atoms. The van der Waals surface area contributed by atoms with Gasteiger partial charge in [-0.2, -0.15) is 0 Å². The molecule has 2 rings (SSSR count). The summed E-state index contributed by atoms with van der Waals surface area (Å²) < 4.78 is 0. The molecule has 3 atom stereocenters. The van der Waals surface area contributed by atoms with Gasteiger partial charge in [0.1, 0.15) is 0 Å². The summed E-state index contributed by atoms with van der Waals surface area (Å²) in [6.07, 6.45) is 4.22. The third-order valence-electron chi connectivity index (χ3n) is 4.48. The fourth-order valence-corrected chi connectivity index (χ4v) is 3.01. The summed E-state index contributed by atoms with van der Waals surface area (Å²) in [5, 5.41) is 9.86. The van der Waals surface area contributed by atoms with Crippen molar-refractivity contribution in [2.75, 3.05) is 26.2 Å². The van der Waals surface area contributed by atoms with Crippen LogP contribution in [0, 0.1) is 5.92 Å². The maximum atomic E-state index is 12.3. The van der Waals surface area contributed by atoms with Crippen molar-refractivity contribution in [3.63, 3.8) is 0 Å². The number of carbonyl (C=O) groups is 1. The molecule has 0 aliphatic carbocycles. The van der Waals surface area contributed by atoms with Crippen molar-refractivity contribution in [1.82, 2.24) is 9.80 Å². The summed E-state index contributed by atoms with van der Waals surface area (Å²) >= 11 is 0. The van der Waals surface area contributed by atoms with E-state index in [4.69, 9.17) is 0 Å². The van der Waals surface area contributed by atoms with Crippen LogP contribution in [0.1, 0.15) is 39.5 Å². The van der Waals surface area contributed by atoms with Gasteiger partial charge in [-0.25, -0.2) is 0 Å². The number of hydrogen-bond donors (Lipinski definition) is 1. The molecule has 0 aromatic rings. The number of nitrogens with zero attached hydrogens (tertiary/aromatic N) is 2. The Hall–Kier alpha value is -0.610. The normalized spacial score (nSPS) is 34.6. The number of carbonyl (C=O) groups excluding carboxylic acids is 1. The minimum absolute atomic E-state index is 0.240. The van der Waals surface area contributed by atoms with Crippen LogP contribution in [0.4, 0.5) is 0 Å². The van der Waals surface area contributed by atoms with E-state index in [2.05, 4.69) is 18.7 Å². The van der Waals surface area contributed by atoms with E-state index in [0.717, 1.165) is 32.4 Å². The number of aliphatic hydroxyl groups excluding tert-OH is 1. The third kappa shape index (κ3) is 3.23. The average molecular weight is 254 g/mol. The molecule has 3 unspecified atom stereocenters. The van der Waals surface area contributed by atoms with Crippen molar-refractivity contribution in [1.29, 1.82) is 0 Å². The van der Waals surface area contributed by atoms with Gasteiger partial charge in [0.2, 0.25) is 5.91 Å². The molecule has 2 aliphatic rings. The van der Waals surface area contributed by atoms with E-state index in [9.17, 15) is 9.90 Å². The average Bonchev–Trinajstić information content (AvgIpc) is 2.34. The van der Waals surface area contributed by atoms with E-state index in [0.29, 0.717) is 25.0 Å². The van der Waals surface area contributed by atoms with Crippen LogP contribution in [0.2, 0.25) is 0 Å². The molecule has 0 radical (unpaired) electrons. The fourth-order valence-electron chi connectivity index (χ4n) is 3.01. The molecule has 4 heteroatoms. The van der Waals surface area contributed by atoms with E-state index in [-0.39, 0.29) is 12.0 Å². The molecular weight excluding hydrogens is 228 g/mol. The van der Waals surface area contributed by atoms with Gasteiger partial charge in [0.15, 0.2) is 0 Å². The van der Waals surface area contributed by atoms with Gasteiger partial charge >= 0.3 is 0 Å². The molecule has 104 valence electrons. The highest BCUT2D eigenvalue weighted by Gasteiger charge is 2.28. The van der Waals surface area contributed by atoms with Crippen LogP contribution < -0.4 is 0 Å². The van der Waals surface area contributed by atoms with Gasteiger partial charge in [0, 0.05) is 19.1 Å².